The maximum atomic E-state index is 9.00. The number of ether oxygens (including phenoxy) is 2. The Labute approximate surface area is 80.0 Å². The minimum atomic E-state index is -0.133. The van der Waals surface area contributed by atoms with Gasteiger partial charge in [0.15, 0.2) is 6.29 Å². The average molecular weight is 188 g/mol. The Morgan fingerprint density at radius 2 is 2.23 bits per heavy atom. The number of rotatable bonds is 3. The van der Waals surface area contributed by atoms with Crippen molar-refractivity contribution in [3.8, 4) is 0 Å². The van der Waals surface area contributed by atoms with E-state index in [1.54, 1.807) is 7.11 Å². The molecule has 3 nitrogen and oxygen atoms in total. The fourth-order valence-electron chi connectivity index (χ4n) is 2.15. The Hall–Kier alpha value is -0.120. The van der Waals surface area contributed by atoms with Gasteiger partial charge in [-0.15, -0.1) is 0 Å². The predicted octanol–water partition coefficient (Wildman–Crippen LogP) is 1.40. The first-order valence-corrected chi connectivity index (χ1v) is 5.02. The quantitative estimate of drug-likeness (QED) is 0.727. The number of methoxy groups -OCH3 is 1. The lowest BCUT2D eigenvalue weighted by Crippen LogP contribution is -2.42. The van der Waals surface area contributed by atoms with Gasteiger partial charge in [-0.05, 0) is 18.8 Å². The fourth-order valence-corrected chi connectivity index (χ4v) is 2.15. The van der Waals surface area contributed by atoms with Crippen molar-refractivity contribution in [1.82, 2.24) is 0 Å². The van der Waals surface area contributed by atoms with Gasteiger partial charge in [-0.2, -0.15) is 0 Å². The Balaban J connectivity index is 2.57. The molecule has 0 amide bonds. The van der Waals surface area contributed by atoms with Gasteiger partial charge in [-0.1, -0.05) is 13.8 Å². The summed E-state index contributed by atoms with van der Waals surface area (Å²) >= 11 is 0. The summed E-state index contributed by atoms with van der Waals surface area (Å²) in [6.07, 6.45) is 1.83. The zero-order valence-electron chi connectivity index (χ0n) is 8.69. The lowest BCUT2D eigenvalue weighted by atomic mass is 9.84. The molecule has 0 aromatic rings. The second kappa shape index (κ2) is 4.94. The molecule has 1 fully saturated rings. The molecule has 78 valence electrons. The summed E-state index contributed by atoms with van der Waals surface area (Å²) in [5.41, 5.74) is 0. The van der Waals surface area contributed by atoms with Crippen molar-refractivity contribution in [2.75, 3.05) is 13.7 Å². The molecule has 13 heavy (non-hydrogen) atoms. The van der Waals surface area contributed by atoms with Crippen LogP contribution in [0, 0.1) is 11.8 Å². The van der Waals surface area contributed by atoms with Crippen molar-refractivity contribution in [3.05, 3.63) is 0 Å². The third-order valence-corrected chi connectivity index (χ3v) is 2.95. The zero-order valence-corrected chi connectivity index (χ0v) is 8.69. The minimum Gasteiger partial charge on any atom is -0.394 e. The van der Waals surface area contributed by atoms with Crippen LogP contribution in [0.25, 0.3) is 0 Å². The van der Waals surface area contributed by atoms with E-state index in [9.17, 15) is 0 Å². The van der Waals surface area contributed by atoms with Crippen molar-refractivity contribution < 1.29 is 14.6 Å². The molecule has 0 radical (unpaired) electrons. The second-order valence-corrected chi connectivity index (χ2v) is 3.83. The van der Waals surface area contributed by atoms with Crippen LogP contribution in [0.4, 0.5) is 0 Å². The maximum absolute atomic E-state index is 9.00. The average Bonchev–Trinajstić information content (AvgIpc) is 2.16. The predicted molar refractivity (Wildman–Crippen MR) is 50.3 cm³/mol. The van der Waals surface area contributed by atoms with Crippen molar-refractivity contribution in [2.45, 2.75) is 39.1 Å². The molecule has 0 aromatic heterocycles. The van der Waals surface area contributed by atoms with Crippen LogP contribution in [-0.4, -0.2) is 31.2 Å². The highest BCUT2D eigenvalue weighted by molar-refractivity contribution is 4.78. The smallest absolute Gasteiger partial charge is 0.160 e. The first kappa shape index (κ1) is 11.0. The van der Waals surface area contributed by atoms with E-state index in [1.165, 1.54) is 0 Å². The van der Waals surface area contributed by atoms with Crippen LogP contribution in [0.2, 0.25) is 0 Å². The van der Waals surface area contributed by atoms with Gasteiger partial charge in [0, 0.05) is 13.0 Å². The fraction of sp³-hybridized carbons (Fsp3) is 1.00. The molecular formula is C10H20O3. The molecule has 0 bridgehead atoms. The van der Waals surface area contributed by atoms with Crippen molar-refractivity contribution in [1.29, 1.82) is 0 Å². The van der Waals surface area contributed by atoms with E-state index in [0.717, 1.165) is 12.8 Å². The molecule has 0 spiro atoms. The molecule has 0 saturated carbocycles. The molecule has 0 aromatic carbocycles. The second-order valence-electron chi connectivity index (χ2n) is 3.83. The van der Waals surface area contributed by atoms with Crippen molar-refractivity contribution in [2.24, 2.45) is 11.8 Å². The summed E-state index contributed by atoms with van der Waals surface area (Å²) in [6, 6.07) is 0. The summed E-state index contributed by atoms with van der Waals surface area (Å²) in [4.78, 5) is 0. The highest BCUT2D eigenvalue weighted by Crippen LogP contribution is 2.32. The lowest BCUT2D eigenvalue weighted by Gasteiger charge is -2.38. The van der Waals surface area contributed by atoms with Gasteiger partial charge in [-0.3, -0.25) is 0 Å². The van der Waals surface area contributed by atoms with Crippen LogP contribution in [-0.2, 0) is 9.47 Å². The van der Waals surface area contributed by atoms with E-state index in [1.807, 2.05) is 0 Å². The summed E-state index contributed by atoms with van der Waals surface area (Å²) in [6.45, 7) is 4.45. The maximum Gasteiger partial charge on any atom is 0.160 e. The standard InChI is InChI=1S/C10H20O3/c1-4-9-7(2)5-8(6-11)13-10(9)12-3/h7-11H,4-6H2,1-3H3. The van der Waals surface area contributed by atoms with Crippen LogP contribution in [0.3, 0.4) is 0 Å². The molecule has 1 aliphatic rings. The molecule has 0 aliphatic carbocycles. The van der Waals surface area contributed by atoms with Gasteiger partial charge in [0.2, 0.25) is 0 Å². The largest absolute Gasteiger partial charge is 0.394 e. The van der Waals surface area contributed by atoms with Crippen LogP contribution in [0.15, 0.2) is 0 Å². The number of hydrogen-bond donors (Lipinski definition) is 1. The highest BCUT2D eigenvalue weighted by Gasteiger charge is 2.34. The third kappa shape index (κ3) is 2.42. The Kier molecular flexibility index (Phi) is 4.16. The van der Waals surface area contributed by atoms with Gasteiger partial charge < -0.3 is 14.6 Å². The Bertz CT molecular complexity index is 149. The molecule has 1 rings (SSSR count). The molecular weight excluding hydrogens is 168 g/mol. The van der Waals surface area contributed by atoms with E-state index in [0.29, 0.717) is 11.8 Å². The van der Waals surface area contributed by atoms with Gasteiger partial charge in [-0.25, -0.2) is 0 Å². The molecule has 4 unspecified atom stereocenters. The van der Waals surface area contributed by atoms with Crippen molar-refractivity contribution >= 4 is 0 Å². The Morgan fingerprint density at radius 1 is 1.54 bits per heavy atom. The molecule has 1 heterocycles. The normalized spacial score (nSPS) is 40.6. The van der Waals surface area contributed by atoms with E-state index in [2.05, 4.69) is 13.8 Å². The van der Waals surface area contributed by atoms with E-state index < -0.39 is 0 Å². The van der Waals surface area contributed by atoms with Crippen LogP contribution < -0.4 is 0 Å². The monoisotopic (exact) mass is 188 g/mol. The van der Waals surface area contributed by atoms with Crippen LogP contribution >= 0.6 is 0 Å². The van der Waals surface area contributed by atoms with Crippen LogP contribution in [0.1, 0.15) is 26.7 Å². The first-order chi connectivity index (χ1) is 6.22. The SMILES string of the molecule is CCC1C(C)CC(CO)OC1OC. The number of aliphatic hydroxyl groups is 1. The highest BCUT2D eigenvalue weighted by atomic mass is 16.7. The van der Waals surface area contributed by atoms with E-state index in [-0.39, 0.29) is 19.0 Å². The molecule has 1 aliphatic heterocycles. The van der Waals surface area contributed by atoms with E-state index in [4.69, 9.17) is 14.6 Å². The van der Waals surface area contributed by atoms with Gasteiger partial charge in [0.05, 0.1) is 12.7 Å². The summed E-state index contributed by atoms with van der Waals surface area (Å²) in [5.74, 6) is 1.04. The first-order valence-electron chi connectivity index (χ1n) is 5.02. The van der Waals surface area contributed by atoms with Gasteiger partial charge >= 0.3 is 0 Å². The summed E-state index contributed by atoms with van der Waals surface area (Å²) in [7, 11) is 1.67. The number of aliphatic hydroxyl groups excluding tert-OH is 1. The molecule has 3 heteroatoms. The minimum absolute atomic E-state index is 0.0391. The molecule has 4 atom stereocenters. The van der Waals surface area contributed by atoms with Gasteiger partial charge in [0.1, 0.15) is 0 Å². The molecule has 1 saturated heterocycles. The zero-order chi connectivity index (χ0) is 9.84. The topological polar surface area (TPSA) is 38.7 Å². The van der Waals surface area contributed by atoms with Crippen molar-refractivity contribution in [3.63, 3.8) is 0 Å². The lowest BCUT2D eigenvalue weighted by molar-refractivity contribution is -0.230. The Morgan fingerprint density at radius 3 is 2.69 bits per heavy atom. The summed E-state index contributed by atoms with van der Waals surface area (Å²) < 4.78 is 10.9. The summed E-state index contributed by atoms with van der Waals surface area (Å²) in [5, 5.41) is 9.00. The van der Waals surface area contributed by atoms with Gasteiger partial charge in [0.25, 0.3) is 0 Å². The van der Waals surface area contributed by atoms with E-state index >= 15 is 0 Å². The van der Waals surface area contributed by atoms with Crippen LogP contribution in [0.5, 0.6) is 0 Å². The molecule has 1 N–H and O–H groups in total. The third-order valence-electron chi connectivity index (χ3n) is 2.95. The number of hydrogen-bond acceptors (Lipinski definition) is 3.